The van der Waals surface area contributed by atoms with E-state index < -0.39 is 21.9 Å². The van der Waals surface area contributed by atoms with Gasteiger partial charge in [0.05, 0.1) is 16.5 Å². The minimum atomic E-state index is -3.86. The molecule has 1 unspecified atom stereocenters. The maximum Gasteiger partial charge on any atom is 0.241 e. The Labute approximate surface area is 115 Å². The molecule has 104 valence electrons. The van der Waals surface area contributed by atoms with Gasteiger partial charge in [0.15, 0.2) is 0 Å². The van der Waals surface area contributed by atoms with Crippen molar-refractivity contribution >= 4 is 10.0 Å². The van der Waals surface area contributed by atoms with Crippen LogP contribution in [0.3, 0.4) is 0 Å². The summed E-state index contributed by atoms with van der Waals surface area (Å²) in [5.41, 5.74) is -0.321. The van der Waals surface area contributed by atoms with Crippen LogP contribution >= 0.6 is 0 Å². The SMILES string of the molecule is CC(NS(=O)(=O)c1ccc(F)c(C#N)c1)c1ncc[nH]1. The Balaban J connectivity index is 2.29. The predicted molar refractivity (Wildman–Crippen MR) is 68.4 cm³/mol. The van der Waals surface area contributed by atoms with E-state index >= 15 is 0 Å². The van der Waals surface area contributed by atoms with E-state index in [9.17, 15) is 12.8 Å². The number of rotatable bonds is 4. The number of aromatic amines is 1. The van der Waals surface area contributed by atoms with Crippen molar-refractivity contribution in [1.82, 2.24) is 14.7 Å². The average Bonchev–Trinajstić information content (AvgIpc) is 2.92. The van der Waals surface area contributed by atoms with Gasteiger partial charge in [-0.25, -0.2) is 22.5 Å². The topological polar surface area (TPSA) is 98.6 Å². The minimum absolute atomic E-state index is 0.172. The lowest BCUT2D eigenvalue weighted by Gasteiger charge is -2.12. The molecule has 1 heterocycles. The van der Waals surface area contributed by atoms with Crippen molar-refractivity contribution in [3.8, 4) is 6.07 Å². The van der Waals surface area contributed by atoms with Gasteiger partial charge in [-0.2, -0.15) is 5.26 Å². The number of sulfonamides is 1. The molecule has 2 N–H and O–H groups in total. The van der Waals surface area contributed by atoms with Gasteiger partial charge in [0.1, 0.15) is 17.7 Å². The van der Waals surface area contributed by atoms with Gasteiger partial charge < -0.3 is 4.98 Å². The quantitative estimate of drug-likeness (QED) is 0.891. The number of aromatic nitrogens is 2. The molecule has 1 aromatic heterocycles. The number of nitrogens with one attached hydrogen (secondary N) is 2. The first-order chi connectivity index (χ1) is 9.44. The lowest BCUT2D eigenvalue weighted by atomic mass is 10.2. The molecule has 0 spiro atoms. The van der Waals surface area contributed by atoms with E-state index in [1.54, 1.807) is 19.2 Å². The fourth-order valence-corrected chi connectivity index (χ4v) is 2.86. The van der Waals surface area contributed by atoms with Crippen LogP contribution in [0.1, 0.15) is 24.4 Å². The summed E-state index contributed by atoms with van der Waals surface area (Å²) >= 11 is 0. The van der Waals surface area contributed by atoms with Crippen LogP contribution in [0.2, 0.25) is 0 Å². The van der Waals surface area contributed by atoms with Crippen molar-refractivity contribution in [3.63, 3.8) is 0 Å². The van der Waals surface area contributed by atoms with Crippen LogP contribution in [0, 0.1) is 17.1 Å². The van der Waals surface area contributed by atoms with Crippen molar-refractivity contribution in [2.45, 2.75) is 17.9 Å². The Bertz CT molecular complexity index is 750. The standard InChI is InChI=1S/C12H11FN4O2S/c1-8(12-15-4-5-16-12)17-20(18,19)10-2-3-11(13)9(6-10)7-14/h2-6,8,17H,1H3,(H,15,16). The van der Waals surface area contributed by atoms with Crippen molar-refractivity contribution < 1.29 is 12.8 Å². The summed E-state index contributed by atoms with van der Waals surface area (Å²) in [7, 11) is -3.86. The van der Waals surface area contributed by atoms with E-state index in [2.05, 4.69) is 14.7 Å². The molecule has 0 aliphatic rings. The fourth-order valence-electron chi connectivity index (χ4n) is 1.63. The van der Waals surface area contributed by atoms with Gasteiger partial charge in [0, 0.05) is 12.4 Å². The molecular formula is C12H11FN4O2S. The van der Waals surface area contributed by atoms with Gasteiger partial charge >= 0.3 is 0 Å². The largest absolute Gasteiger partial charge is 0.347 e. The Kier molecular flexibility index (Phi) is 3.83. The molecule has 2 rings (SSSR count). The maximum absolute atomic E-state index is 13.2. The number of hydrogen-bond acceptors (Lipinski definition) is 4. The Morgan fingerprint density at radius 2 is 2.25 bits per heavy atom. The molecule has 0 aliphatic heterocycles. The molecule has 0 saturated carbocycles. The lowest BCUT2D eigenvalue weighted by Crippen LogP contribution is -2.27. The molecule has 1 atom stereocenters. The van der Waals surface area contributed by atoms with Crippen LogP contribution in [0.4, 0.5) is 4.39 Å². The zero-order chi connectivity index (χ0) is 14.8. The molecule has 1 aromatic carbocycles. The van der Waals surface area contributed by atoms with Crippen molar-refractivity contribution in [3.05, 3.63) is 47.8 Å². The smallest absolute Gasteiger partial charge is 0.241 e. The summed E-state index contributed by atoms with van der Waals surface area (Å²) in [6.07, 6.45) is 3.08. The molecule has 0 amide bonds. The van der Waals surface area contributed by atoms with Crippen molar-refractivity contribution in [2.24, 2.45) is 0 Å². The predicted octanol–water partition coefficient (Wildman–Crippen LogP) is 1.46. The molecule has 0 aliphatic carbocycles. The third kappa shape index (κ3) is 2.84. The van der Waals surface area contributed by atoms with Crippen LogP contribution in [0.15, 0.2) is 35.5 Å². The highest BCUT2D eigenvalue weighted by atomic mass is 32.2. The normalized spacial score (nSPS) is 12.8. The van der Waals surface area contributed by atoms with Gasteiger partial charge in [0.25, 0.3) is 0 Å². The first-order valence-electron chi connectivity index (χ1n) is 5.65. The van der Waals surface area contributed by atoms with Crippen LogP contribution < -0.4 is 4.72 Å². The van der Waals surface area contributed by atoms with Crippen LogP contribution in [-0.4, -0.2) is 18.4 Å². The highest BCUT2D eigenvalue weighted by Crippen LogP contribution is 2.17. The summed E-state index contributed by atoms with van der Waals surface area (Å²) < 4.78 is 39.8. The van der Waals surface area contributed by atoms with Crippen LogP contribution in [0.25, 0.3) is 0 Å². The molecule has 0 radical (unpaired) electrons. The van der Waals surface area contributed by atoms with Gasteiger partial charge in [-0.3, -0.25) is 0 Å². The summed E-state index contributed by atoms with van der Waals surface area (Å²) in [5, 5.41) is 8.72. The maximum atomic E-state index is 13.2. The Hall–Kier alpha value is -2.24. The van der Waals surface area contributed by atoms with Gasteiger partial charge in [-0.1, -0.05) is 0 Å². The van der Waals surface area contributed by atoms with Gasteiger partial charge in [0.2, 0.25) is 10.0 Å². The molecule has 0 bridgehead atoms. The van der Waals surface area contributed by atoms with E-state index in [0.29, 0.717) is 5.82 Å². The first kappa shape index (κ1) is 14.2. The number of H-pyrrole nitrogens is 1. The summed E-state index contributed by atoms with van der Waals surface area (Å²) in [4.78, 5) is 6.57. The molecule has 0 fully saturated rings. The zero-order valence-corrected chi connectivity index (χ0v) is 11.3. The number of halogens is 1. The molecule has 0 saturated heterocycles. The molecule has 6 nitrogen and oxygen atoms in total. The monoisotopic (exact) mass is 294 g/mol. The Morgan fingerprint density at radius 3 is 2.85 bits per heavy atom. The minimum Gasteiger partial charge on any atom is -0.347 e. The Morgan fingerprint density at radius 1 is 1.50 bits per heavy atom. The van der Waals surface area contributed by atoms with E-state index in [1.807, 2.05) is 0 Å². The van der Waals surface area contributed by atoms with Crippen LogP contribution in [0.5, 0.6) is 0 Å². The zero-order valence-electron chi connectivity index (χ0n) is 10.5. The van der Waals surface area contributed by atoms with Crippen LogP contribution in [-0.2, 0) is 10.0 Å². The van der Waals surface area contributed by atoms with E-state index in [1.165, 1.54) is 6.20 Å². The highest BCUT2D eigenvalue weighted by Gasteiger charge is 2.20. The second-order valence-electron chi connectivity index (χ2n) is 4.07. The average molecular weight is 294 g/mol. The lowest BCUT2D eigenvalue weighted by molar-refractivity contribution is 0.560. The second-order valence-corrected chi connectivity index (χ2v) is 5.78. The summed E-state index contributed by atoms with van der Waals surface area (Å²) in [6, 6.07) is 4.07. The number of imidazole rings is 1. The third-order valence-electron chi connectivity index (χ3n) is 2.63. The highest BCUT2D eigenvalue weighted by molar-refractivity contribution is 7.89. The second kappa shape index (κ2) is 5.40. The van der Waals surface area contributed by atoms with E-state index in [-0.39, 0.29) is 10.5 Å². The molecular weight excluding hydrogens is 283 g/mol. The van der Waals surface area contributed by atoms with Crippen molar-refractivity contribution in [2.75, 3.05) is 0 Å². The molecule has 2 aromatic rings. The third-order valence-corrected chi connectivity index (χ3v) is 4.17. The van der Waals surface area contributed by atoms with E-state index in [4.69, 9.17) is 5.26 Å². The number of benzene rings is 1. The van der Waals surface area contributed by atoms with Gasteiger partial charge in [-0.15, -0.1) is 0 Å². The number of hydrogen-bond donors (Lipinski definition) is 2. The number of nitrogens with zero attached hydrogens (tertiary/aromatic N) is 2. The summed E-state index contributed by atoms with van der Waals surface area (Å²) in [5.74, 6) is -0.304. The fraction of sp³-hybridized carbons (Fsp3) is 0.167. The number of nitriles is 1. The van der Waals surface area contributed by atoms with Gasteiger partial charge in [-0.05, 0) is 25.1 Å². The molecule has 8 heteroatoms. The first-order valence-corrected chi connectivity index (χ1v) is 7.13. The molecule has 20 heavy (non-hydrogen) atoms. The van der Waals surface area contributed by atoms with E-state index in [0.717, 1.165) is 18.2 Å². The van der Waals surface area contributed by atoms with Crippen molar-refractivity contribution in [1.29, 1.82) is 5.26 Å². The summed E-state index contributed by atoms with van der Waals surface area (Å²) in [6.45, 7) is 1.62.